The standard InChI is InChI=1S/C20H32N2O5S2/c1-4-27-16-7-9-17(10-8-16)29(25,26)19-14-28(23,24)13-18(19)21-15-20(2,3)22-11-5-6-12-22/h7-10,18-19,21H,4-6,11-15H2,1-3H3/t18-,19-/m0/s1. The third kappa shape index (κ3) is 5.13. The number of sulfone groups is 2. The van der Waals surface area contributed by atoms with Gasteiger partial charge in [0.2, 0.25) is 0 Å². The maximum atomic E-state index is 13.2. The van der Waals surface area contributed by atoms with E-state index in [9.17, 15) is 16.8 Å². The Hall–Kier alpha value is -1.16. The number of nitrogens with one attached hydrogen (secondary N) is 1. The molecule has 0 aromatic heterocycles. The number of rotatable bonds is 8. The molecule has 9 heteroatoms. The van der Waals surface area contributed by atoms with Gasteiger partial charge in [0.1, 0.15) is 5.75 Å². The molecular formula is C20H32N2O5S2. The Morgan fingerprint density at radius 3 is 2.34 bits per heavy atom. The Morgan fingerprint density at radius 1 is 1.14 bits per heavy atom. The lowest BCUT2D eigenvalue weighted by atomic mass is 10.0. The van der Waals surface area contributed by atoms with Crippen LogP contribution in [-0.4, -0.2) is 76.3 Å². The molecule has 2 saturated heterocycles. The molecule has 0 aliphatic carbocycles. The summed E-state index contributed by atoms with van der Waals surface area (Å²) < 4.78 is 56.5. The van der Waals surface area contributed by atoms with Gasteiger partial charge in [-0.15, -0.1) is 0 Å². The van der Waals surface area contributed by atoms with Crippen LogP contribution in [0.4, 0.5) is 0 Å². The van der Waals surface area contributed by atoms with Gasteiger partial charge in [-0.05, 0) is 71.0 Å². The first-order chi connectivity index (χ1) is 13.5. The molecule has 164 valence electrons. The van der Waals surface area contributed by atoms with Gasteiger partial charge in [-0.3, -0.25) is 4.90 Å². The first-order valence-corrected chi connectivity index (χ1v) is 13.6. The normalized spacial score (nSPS) is 25.3. The average Bonchev–Trinajstić information content (AvgIpc) is 3.29. The predicted molar refractivity (Wildman–Crippen MR) is 114 cm³/mol. The number of ether oxygens (including phenoxy) is 1. The fraction of sp³-hybridized carbons (Fsp3) is 0.700. The van der Waals surface area contributed by atoms with Crippen LogP contribution in [0.2, 0.25) is 0 Å². The molecule has 0 saturated carbocycles. The van der Waals surface area contributed by atoms with Crippen molar-refractivity contribution in [3.8, 4) is 5.75 Å². The van der Waals surface area contributed by atoms with Crippen molar-refractivity contribution in [3.05, 3.63) is 24.3 Å². The van der Waals surface area contributed by atoms with Crippen LogP contribution in [0.5, 0.6) is 5.75 Å². The summed E-state index contributed by atoms with van der Waals surface area (Å²) in [5.74, 6) is 0.0986. The highest BCUT2D eigenvalue weighted by Gasteiger charge is 2.46. The van der Waals surface area contributed by atoms with Crippen molar-refractivity contribution >= 4 is 19.7 Å². The molecular weight excluding hydrogens is 412 g/mol. The summed E-state index contributed by atoms with van der Waals surface area (Å²) in [6.07, 6.45) is 2.33. The summed E-state index contributed by atoms with van der Waals surface area (Å²) in [4.78, 5) is 2.51. The first-order valence-electron chi connectivity index (χ1n) is 10.2. The molecule has 2 fully saturated rings. The topological polar surface area (TPSA) is 92.8 Å². The molecule has 0 unspecified atom stereocenters. The minimum absolute atomic E-state index is 0.133. The van der Waals surface area contributed by atoms with Crippen molar-refractivity contribution in [2.24, 2.45) is 0 Å². The quantitative estimate of drug-likeness (QED) is 0.649. The third-order valence-corrected chi connectivity index (χ3v) is 10.1. The van der Waals surface area contributed by atoms with Crippen molar-refractivity contribution in [1.29, 1.82) is 0 Å². The van der Waals surface area contributed by atoms with Gasteiger partial charge in [-0.25, -0.2) is 16.8 Å². The summed E-state index contributed by atoms with van der Waals surface area (Å²) in [5, 5.41) is 2.30. The lowest BCUT2D eigenvalue weighted by Crippen LogP contribution is -2.54. The van der Waals surface area contributed by atoms with E-state index < -0.39 is 31.0 Å². The minimum Gasteiger partial charge on any atom is -0.494 e. The smallest absolute Gasteiger partial charge is 0.183 e. The largest absolute Gasteiger partial charge is 0.494 e. The van der Waals surface area contributed by atoms with E-state index >= 15 is 0 Å². The highest BCUT2D eigenvalue weighted by atomic mass is 32.2. The van der Waals surface area contributed by atoms with E-state index in [0.717, 1.165) is 25.9 Å². The van der Waals surface area contributed by atoms with E-state index in [2.05, 4.69) is 24.1 Å². The average molecular weight is 445 g/mol. The van der Waals surface area contributed by atoms with Crippen molar-refractivity contribution in [2.45, 2.75) is 55.3 Å². The monoisotopic (exact) mass is 444 g/mol. The second kappa shape index (κ2) is 8.53. The molecule has 1 aromatic carbocycles. The first kappa shape index (κ1) is 22.5. The van der Waals surface area contributed by atoms with Gasteiger partial charge in [-0.1, -0.05) is 0 Å². The molecule has 0 amide bonds. The zero-order valence-corrected chi connectivity index (χ0v) is 19.1. The fourth-order valence-corrected chi connectivity index (χ4v) is 8.91. The van der Waals surface area contributed by atoms with Crippen LogP contribution in [0.1, 0.15) is 33.6 Å². The van der Waals surface area contributed by atoms with E-state index in [1.807, 2.05) is 6.92 Å². The summed E-state index contributed by atoms with van der Waals surface area (Å²) >= 11 is 0. The van der Waals surface area contributed by atoms with Gasteiger partial charge < -0.3 is 10.1 Å². The SMILES string of the molecule is CCOc1ccc(S(=O)(=O)[C@H]2CS(=O)(=O)C[C@@H]2NCC(C)(C)N2CCCC2)cc1. The zero-order valence-electron chi connectivity index (χ0n) is 17.4. The molecule has 0 spiro atoms. The van der Waals surface area contributed by atoms with Crippen molar-refractivity contribution in [1.82, 2.24) is 10.2 Å². The lowest BCUT2D eigenvalue weighted by molar-refractivity contribution is 0.148. The van der Waals surface area contributed by atoms with Gasteiger partial charge >= 0.3 is 0 Å². The number of benzene rings is 1. The van der Waals surface area contributed by atoms with E-state index in [1.54, 1.807) is 12.1 Å². The van der Waals surface area contributed by atoms with Gasteiger partial charge in [-0.2, -0.15) is 0 Å². The van der Waals surface area contributed by atoms with Crippen LogP contribution in [-0.2, 0) is 19.7 Å². The molecule has 29 heavy (non-hydrogen) atoms. The maximum Gasteiger partial charge on any atom is 0.183 e. The molecule has 7 nitrogen and oxygen atoms in total. The Balaban J connectivity index is 1.78. The van der Waals surface area contributed by atoms with Crippen LogP contribution in [0.25, 0.3) is 0 Å². The Bertz CT molecular complexity index is 905. The van der Waals surface area contributed by atoms with Crippen LogP contribution < -0.4 is 10.1 Å². The fourth-order valence-electron chi connectivity index (χ4n) is 4.19. The summed E-state index contributed by atoms with van der Waals surface area (Å²) in [6.45, 7) is 9.16. The molecule has 0 bridgehead atoms. The molecule has 1 aromatic rings. The molecule has 0 radical (unpaired) electrons. The highest BCUT2D eigenvalue weighted by Crippen LogP contribution is 2.28. The van der Waals surface area contributed by atoms with Gasteiger partial charge in [0.15, 0.2) is 19.7 Å². The molecule has 2 atom stereocenters. The van der Waals surface area contributed by atoms with E-state index in [4.69, 9.17) is 4.74 Å². The van der Waals surface area contributed by atoms with E-state index in [0.29, 0.717) is 18.9 Å². The summed E-state index contributed by atoms with van der Waals surface area (Å²) in [7, 11) is -7.21. The van der Waals surface area contributed by atoms with E-state index in [-0.39, 0.29) is 21.9 Å². The maximum absolute atomic E-state index is 13.2. The Morgan fingerprint density at radius 2 is 1.76 bits per heavy atom. The zero-order chi connectivity index (χ0) is 21.3. The van der Waals surface area contributed by atoms with Gasteiger partial charge in [0.05, 0.1) is 28.3 Å². The van der Waals surface area contributed by atoms with Crippen LogP contribution in [0, 0.1) is 0 Å². The van der Waals surface area contributed by atoms with E-state index in [1.165, 1.54) is 12.1 Å². The molecule has 2 aliphatic rings. The summed E-state index contributed by atoms with van der Waals surface area (Å²) in [6, 6.07) is 5.60. The van der Waals surface area contributed by atoms with Crippen LogP contribution in [0.3, 0.4) is 0 Å². The van der Waals surface area contributed by atoms with Crippen molar-refractivity contribution in [3.63, 3.8) is 0 Å². The number of hydrogen-bond donors (Lipinski definition) is 1. The van der Waals surface area contributed by atoms with Crippen LogP contribution in [0.15, 0.2) is 29.2 Å². The third-order valence-electron chi connectivity index (χ3n) is 5.92. The number of hydrogen-bond acceptors (Lipinski definition) is 7. The minimum atomic E-state index is -3.79. The highest BCUT2D eigenvalue weighted by molar-refractivity contribution is 7.96. The van der Waals surface area contributed by atoms with Gasteiger partial charge in [0.25, 0.3) is 0 Å². The second-order valence-corrected chi connectivity index (χ2v) is 12.9. The Kier molecular flexibility index (Phi) is 6.62. The lowest BCUT2D eigenvalue weighted by Gasteiger charge is -2.37. The molecule has 3 rings (SSSR count). The van der Waals surface area contributed by atoms with Crippen molar-refractivity contribution in [2.75, 3.05) is 37.7 Å². The number of likely N-dealkylation sites (tertiary alicyclic amines) is 1. The predicted octanol–water partition coefficient (Wildman–Crippen LogP) is 1.49. The molecule has 2 heterocycles. The Labute approximate surface area is 174 Å². The summed E-state index contributed by atoms with van der Waals surface area (Å²) in [5.41, 5.74) is -0.156. The van der Waals surface area contributed by atoms with Crippen molar-refractivity contribution < 1.29 is 21.6 Å². The molecule has 1 N–H and O–H groups in total. The second-order valence-electron chi connectivity index (χ2n) is 8.56. The molecule has 2 aliphatic heterocycles. The van der Waals surface area contributed by atoms with Crippen LogP contribution >= 0.6 is 0 Å². The number of nitrogens with zero attached hydrogens (tertiary/aromatic N) is 1. The van der Waals surface area contributed by atoms with Gasteiger partial charge in [0, 0.05) is 18.1 Å².